The van der Waals surface area contributed by atoms with Gasteiger partial charge in [0.25, 0.3) is 10.0 Å². The minimum Gasteiger partial charge on any atom is -0.350 e. The number of para-hydroxylation sites is 1. The molecule has 3 aromatic rings. The van der Waals surface area contributed by atoms with E-state index < -0.39 is 39.9 Å². The van der Waals surface area contributed by atoms with Crippen molar-refractivity contribution in [3.8, 4) is 0 Å². The Labute approximate surface area is 224 Å². The van der Waals surface area contributed by atoms with E-state index in [0.29, 0.717) is 6.42 Å². The average molecular weight is 540 g/mol. The predicted molar refractivity (Wildman–Crippen MR) is 147 cm³/mol. The van der Waals surface area contributed by atoms with Crippen LogP contribution in [-0.4, -0.2) is 49.8 Å². The van der Waals surface area contributed by atoms with Crippen molar-refractivity contribution in [1.82, 2.24) is 10.2 Å². The Morgan fingerprint density at radius 3 is 2.03 bits per heavy atom. The summed E-state index contributed by atoms with van der Waals surface area (Å²) in [4.78, 5) is 28.1. The fraction of sp³-hybridized carbons (Fsp3) is 0.310. The third-order valence-electron chi connectivity index (χ3n) is 5.88. The minimum atomic E-state index is -4.30. The van der Waals surface area contributed by atoms with E-state index in [0.717, 1.165) is 15.9 Å². The number of carbonyl (C=O) groups is 2. The summed E-state index contributed by atoms with van der Waals surface area (Å²) in [7, 11) is -4.30. The van der Waals surface area contributed by atoms with Crippen LogP contribution in [0.4, 0.5) is 10.1 Å². The van der Waals surface area contributed by atoms with E-state index in [1.165, 1.54) is 35.2 Å². The summed E-state index contributed by atoms with van der Waals surface area (Å²) in [6.07, 6.45) is 0.449. The first-order valence-electron chi connectivity index (χ1n) is 12.4. The van der Waals surface area contributed by atoms with Gasteiger partial charge in [0, 0.05) is 12.1 Å². The smallest absolute Gasteiger partial charge is 0.264 e. The van der Waals surface area contributed by atoms with Crippen molar-refractivity contribution in [2.24, 2.45) is 0 Å². The number of carbonyl (C=O) groups excluding carboxylic acids is 2. The molecular weight excluding hydrogens is 505 g/mol. The van der Waals surface area contributed by atoms with Crippen molar-refractivity contribution in [1.29, 1.82) is 0 Å². The Balaban J connectivity index is 1.98. The molecule has 0 aliphatic rings. The summed E-state index contributed by atoms with van der Waals surface area (Å²) in [5, 5.41) is 2.88. The normalized spacial score (nSPS) is 12.4. The molecule has 0 spiro atoms. The number of hydrogen-bond acceptors (Lipinski definition) is 4. The zero-order valence-electron chi connectivity index (χ0n) is 22.1. The molecule has 2 amide bonds. The summed E-state index contributed by atoms with van der Waals surface area (Å²) in [6, 6.07) is 21.5. The largest absolute Gasteiger partial charge is 0.350 e. The summed E-state index contributed by atoms with van der Waals surface area (Å²) in [6.45, 7) is 6.58. The molecule has 9 heteroatoms. The van der Waals surface area contributed by atoms with E-state index in [4.69, 9.17) is 0 Å². The minimum absolute atomic E-state index is 0.0783. The SMILES string of the molecule is CC(C(=O)NC(C)(C)C)N(CCc1ccccc1)C(=O)CN(c1ccccc1F)S(=O)(=O)c1ccccc1. The van der Waals surface area contributed by atoms with Crippen LogP contribution in [0, 0.1) is 5.82 Å². The van der Waals surface area contributed by atoms with Gasteiger partial charge in [-0.25, -0.2) is 12.8 Å². The highest BCUT2D eigenvalue weighted by Gasteiger charge is 2.34. The Hall–Kier alpha value is -3.72. The number of halogens is 1. The third kappa shape index (κ3) is 7.41. The summed E-state index contributed by atoms with van der Waals surface area (Å²) >= 11 is 0. The van der Waals surface area contributed by atoms with E-state index in [-0.39, 0.29) is 23.0 Å². The maximum atomic E-state index is 14.9. The zero-order valence-corrected chi connectivity index (χ0v) is 22.9. The van der Waals surface area contributed by atoms with Crippen LogP contribution in [0.1, 0.15) is 33.3 Å². The number of hydrogen-bond donors (Lipinski definition) is 1. The van der Waals surface area contributed by atoms with Crippen molar-refractivity contribution < 1.29 is 22.4 Å². The Kier molecular flexibility index (Phi) is 9.27. The number of amides is 2. The lowest BCUT2D eigenvalue weighted by molar-refractivity contribution is -0.139. The van der Waals surface area contributed by atoms with Gasteiger partial charge in [-0.05, 0) is 63.9 Å². The van der Waals surface area contributed by atoms with E-state index in [1.54, 1.807) is 25.1 Å². The van der Waals surface area contributed by atoms with Gasteiger partial charge in [0.05, 0.1) is 10.6 Å². The number of sulfonamides is 1. The molecule has 202 valence electrons. The topological polar surface area (TPSA) is 86.8 Å². The van der Waals surface area contributed by atoms with Gasteiger partial charge in [-0.1, -0.05) is 60.7 Å². The molecule has 0 radical (unpaired) electrons. The predicted octanol–water partition coefficient (Wildman–Crippen LogP) is 4.40. The fourth-order valence-corrected chi connectivity index (χ4v) is 5.37. The first-order chi connectivity index (χ1) is 17.9. The third-order valence-corrected chi connectivity index (χ3v) is 7.65. The highest BCUT2D eigenvalue weighted by Crippen LogP contribution is 2.26. The molecule has 3 rings (SSSR count). The molecule has 0 aliphatic carbocycles. The zero-order chi connectivity index (χ0) is 27.9. The lowest BCUT2D eigenvalue weighted by Crippen LogP contribution is -2.55. The summed E-state index contributed by atoms with van der Waals surface area (Å²) in [5.74, 6) is -1.78. The molecule has 0 heterocycles. The van der Waals surface area contributed by atoms with Gasteiger partial charge in [0.2, 0.25) is 11.8 Å². The Morgan fingerprint density at radius 2 is 1.45 bits per heavy atom. The van der Waals surface area contributed by atoms with Gasteiger partial charge in [0.15, 0.2) is 0 Å². The number of anilines is 1. The first-order valence-corrected chi connectivity index (χ1v) is 13.8. The van der Waals surface area contributed by atoms with E-state index in [2.05, 4.69) is 5.32 Å². The Morgan fingerprint density at radius 1 is 0.895 bits per heavy atom. The second-order valence-corrected chi connectivity index (χ2v) is 11.9. The van der Waals surface area contributed by atoms with Gasteiger partial charge < -0.3 is 10.2 Å². The second-order valence-electron chi connectivity index (χ2n) is 10.0. The lowest BCUT2D eigenvalue weighted by Gasteiger charge is -2.33. The number of nitrogens with one attached hydrogen (secondary N) is 1. The number of rotatable bonds is 10. The molecule has 1 unspecified atom stereocenters. The van der Waals surface area contributed by atoms with E-state index in [1.807, 2.05) is 51.1 Å². The highest BCUT2D eigenvalue weighted by molar-refractivity contribution is 7.92. The van der Waals surface area contributed by atoms with Gasteiger partial charge in [-0.15, -0.1) is 0 Å². The molecule has 0 bridgehead atoms. The number of benzene rings is 3. The molecule has 0 fully saturated rings. The maximum absolute atomic E-state index is 14.9. The van der Waals surface area contributed by atoms with Crippen LogP contribution in [0.2, 0.25) is 0 Å². The average Bonchev–Trinajstić information content (AvgIpc) is 2.88. The molecule has 0 aliphatic heterocycles. The van der Waals surface area contributed by atoms with Crippen LogP contribution >= 0.6 is 0 Å². The molecule has 0 saturated carbocycles. The van der Waals surface area contributed by atoms with Crippen LogP contribution in [-0.2, 0) is 26.0 Å². The van der Waals surface area contributed by atoms with Crippen LogP contribution in [0.3, 0.4) is 0 Å². The van der Waals surface area contributed by atoms with Crippen molar-refractivity contribution in [2.45, 2.75) is 50.6 Å². The van der Waals surface area contributed by atoms with Crippen LogP contribution in [0.25, 0.3) is 0 Å². The van der Waals surface area contributed by atoms with Gasteiger partial charge in [0.1, 0.15) is 18.4 Å². The molecule has 1 N–H and O–H groups in total. The van der Waals surface area contributed by atoms with Crippen LogP contribution < -0.4 is 9.62 Å². The van der Waals surface area contributed by atoms with Crippen molar-refractivity contribution in [3.63, 3.8) is 0 Å². The first kappa shape index (κ1) is 28.8. The highest BCUT2D eigenvalue weighted by atomic mass is 32.2. The quantitative estimate of drug-likeness (QED) is 0.414. The molecule has 0 saturated heterocycles. The van der Waals surface area contributed by atoms with Crippen molar-refractivity contribution in [3.05, 3.63) is 96.3 Å². The molecule has 3 aromatic carbocycles. The monoisotopic (exact) mass is 539 g/mol. The molecule has 7 nitrogen and oxygen atoms in total. The van der Waals surface area contributed by atoms with Crippen molar-refractivity contribution >= 4 is 27.5 Å². The van der Waals surface area contributed by atoms with Gasteiger partial charge in [-0.3, -0.25) is 13.9 Å². The van der Waals surface area contributed by atoms with Crippen LogP contribution in [0.15, 0.2) is 89.8 Å². The Bertz CT molecular complexity index is 1340. The summed E-state index contributed by atoms with van der Waals surface area (Å²) in [5.41, 5.74) is 0.172. The molecule has 1 atom stereocenters. The summed E-state index contributed by atoms with van der Waals surface area (Å²) < 4.78 is 42.9. The van der Waals surface area contributed by atoms with E-state index >= 15 is 0 Å². The van der Waals surface area contributed by atoms with Crippen LogP contribution in [0.5, 0.6) is 0 Å². The van der Waals surface area contributed by atoms with Crippen molar-refractivity contribution in [2.75, 3.05) is 17.4 Å². The molecule has 0 aromatic heterocycles. The standard InChI is InChI=1S/C29H34FN3O4S/c1-22(28(35)31-29(2,3)4)32(20-19-23-13-7-5-8-14-23)27(34)21-33(26-18-12-11-17-25(26)30)38(36,37)24-15-9-6-10-16-24/h5-18,22H,19-21H2,1-4H3,(H,31,35). The second kappa shape index (κ2) is 12.2. The molecule has 38 heavy (non-hydrogen) atoms. The number of nitrogens with zero attached hydrogens (tertiary/aromatic N) is 2. The maximum Gasteiger partial charge on any atom is 0.264 e. The fourth-order valence-electron chi connectivity index (χ4n) is 3.93. The van der Waals surface area contributed by atoms with E-state index in [9.17, 15) is 22.4 Å². The lowest BCUT2D eigenvalue weighted by atomic mass is 10.1. The van der Waals surface area contributed by atoms with Gasteiger partial charge in [-0.2, -0.15) is 0 Å². The molecular formula is C29H34FN3O4S. The van der Waals surface area contributed by atoms with Gasteiger partial charge >= 0.3 is 0 Å².